The second kappa shape index (κ2) is 8.66. The van der Waals surface area contributed by atoms with Crippen molar-refractivity contribution in [3.8, 4) is 5.88 Å². The van der Waals surface area contributed by atoms with E-state index in [1.807, 2.05) is 51.1 Å². The largest absolute Gasteiger partial charge is 0.471 e. The van der Waals surface area contributed by atoms with Gasteiger partial charge in [-0.2, -0.15) is 4.98 Å². The molecule has 0 aliphatic carbocycles. The molecule has 1 N–H and O–H groups in total. The summed E-state index contributed by atoms with van der Waals surface area (Å²) in [5.74, 6) is 0.195. The number of oxime groups is 1. The number of ether oxygens (including phenoxy) is 2. The molecule has 30 heavy (non-hydrogen) atoms. The van der Waals surface area contributed by atoms with Gasteiger partial charge in [0.25, 0.3) is 0 Å². The van der Waals surface area contributed by atoms with E-state index in [4.69, 9.17) is 14.3 Å². The van der Waals surface area contributed by atoms with Gasteiger partial charge in [0.2, 0.25) is 5.88 Å². The van der Waals surface area contributed by atoms with E-state index < -0.39 is 5.69 Å². The van der Waals surface area contributed by atoms with Crippen LogP contribution in [0.15, 0.2) is 46.6 Å². The summed E-state index contributed by atoms with van der Waals surface area (Å²) in [7, 11) is 0. The van der Waals surface area contributed by atoms with E-state index in [0.717, 1.165) is 17.7 Å². The maximum Gasteiger partial charge on any atom is 0.349 e. The molecule has 2 aromatic heterocycles. The number of fused-ring (bicyclic) bond motifs is 1. The second-order valence-electron chi connectivity index (χ2n) is 7.43. The molecule has 4 rings (SSSR count). The number of imidazole rings is 1. The number of hydrogen-bond acceptors (Lipinski definition) is 7. The van der Waals surface area contributed by atoms with Crippen LogP contribution in [0.1, 0.15) is 45.4 Å². The highest BCUT2D eigenvalue weighted by Gasteiger charge is 2.38. The topological polar surface area (TPSA) is 104 Å². The van der Waals surface area contributed by atoms with Crippen LogP contribution in [0.4, 0.5) is 0 Å². The molecular weight excluding hydrogens is 386 g/mol. The third-order valence-electron chi connectivity index (χ3n) is 4.91. The van der Waals surface area contributed by atoms with Crippen LogP contribution in [-0.2, 0) is 16.2 Å². The van der Waals surface area contributed by atoms with E-state index in [1.54, 1.807) is 10.9 Å². The highest BCUT2D eigenvalue weighted by Crippen LogP contribution is 2.34. The first kappa shape index (κ1) is 20.1. The zero-order valence-corrected chi connectivity index (χ0v) is 17.2. The number of hydrogen-bond donors (Lipinski definition) is 1. The van der Waals surface area contributed by atoms with Gasteiger partial charge in [-0.15, -0.1) is 0 Å². The highest BCUT2D eigenvalue weighted by molar-refractivity contribution is 5.78. The number of nitrogens with one attached hydrogen (secondary N) is 1. The Labute approximate surface area is 173 Å². The summed E-state index contributed by atoms with van der Waals surface area (Å²) in [6.07, 6.45) is 2.40. The molecule has 3 aromatic rings. The fourth-order valence-corrected chi connectivity index (χ4v) is 3.48. The first-order valence-corrected chi connectivity index (χ1v) is 10.0. The van der Waals surface area contributed by atoms with Gasteiger partial charge in [-0.1, -0.05) is 42.4 Å². The minimum absolute atomic E-state index is 0.0992. The van der Waals surface area contributed by atoms with Crippen LogP contribution in [-0.4, -0.2) is 37.4 Å². The monoisotopic (exact) mass is 411 g/mol. The van der Waals surface area contributed by atoms with Gasteiger partial charge in [0.1, 0.15) is 18.5 Å². The van der Waals surface area contributed by atoms with E-state index in [1.165, 1.54) is 0 Å². The summed E-state index contributed by atoms with van der Waals surface area (Å²) in [5, 5.41) is 4.09. The van der Waals surface area contributed by atoms with Crippen molar-refractivity contribution in [1.29, 1.82) is 0 Å². The predicted octanol–water partition coefficient (Wildman–Crippen LogP) is 3.18. The van der Waals surface area contributed by atoms with E-state index in [-0.39, 0.29) is 24.3 Å². The van der Waals surface area contributed by atoms with Crippen LogP contribution in [0.5, 0.6) is 5.88 Å². The molecule has 9 heteroatoms. The first-order chi connectivity index (χ1) is 14.5. The zero-order valence-electron chi connectivity index (χ0n) is 17.2. The molecule has 1 saturated heterocycles. The van der Waals surface area contributed by atoms with Gasteiger partial charge in [0, 0.05) is 6.42 Å². The maximum absolute atomic E-state index is 12.2. The molecular formula is C21H25N5O4. The summed E-state index contributed by atoms with van der Waals surface area (Å²) >= 11 is 0. The van der Waals surface area contributed by atoms with Crippen molar-refractivity contribution in [3.05, 3.63) is 52.7 Å². The Hall–Kier alpha value is -3.20. The average molecular weight is 411 g/mol. The highest BCUT2D eigenvalue weighted by atomic mass is 16.7. The van der Waals surface area contributed by atoms with Crippen LogP contribution in [0.25, 0.3) is 11.2 Å². The van der Waals surface area contributed by atoms with E-state index in [2.05, 4.69) is 20.1 Å². The molecule has 1 aliphatic heterocycles. The van der Waals surface area contributed by atoms with E-state index >= 15 is 0 Å². The van der Waals surface area contributed by atoms with Gasteiger partial charge < -0.3 is 14.3 Å². The smallest absolute Gasteiger partial charge is 0.349 e. The number of aromatic amines is 1. The SMILES string of the molecule is CC[C@H]1O[C@@H](n2cnc3c(OCc4ccccc4)nc(=O)[nH]c32)C[C@H]1ON=C(C)C. The molecule has 1 aromatic carbocycles. The summed E-state index contributed by atoms with van der Waals surface area (Å²) in [5.41, 5.74) is 2.31. The second-order valence-corrected chi connectivity index (χ2v) is 7.43. The summed E-state index contributed by atoms with van der Waals surface area (Å²) < 4.78 is 13.8. The van der Waals surface area contributed by atoms with E-state index in [0.29, 0.717) is 24.2 Å². The third-order valence-corrected chi connectivity index (χ3v) is 4.91. The Morgan fingerprint density at radius 2 is 2.13 bits per heavy atom. The Bertz CT molecular complexity index is 1090. The zero-order chi connectivity index (χ0) is 21.1. The molecule has 0 bridgehead atoms. The summed E-state index contributed by atoms with van der Waals surface area (Å²) in [6, 6.07) is 9.68. The molecule has 1 fully saturated rings. The Morgan fingerprint density at radius 1 is 1.33 bits per heavy atom. The van der Waals surface area contributed by atoms with E-state index in [9.17, 15) is 4.79 Å². The predicted molar refractivity (Wildman–Crippen MR) is 111 cm³/mol. The van der Waals surface area contributed by atoms with Crippen molar-refractivity contribution in [1.82, 2.24) is 19.5 Å². The van der Waals surface area contributed by atoms with Crippen molar-refractivity contribution in [3.63, 3.8) is 0 Å². The van der Waals surface area contributed by atoms with Crippen LogP contribution in [0, 0.1) is 0 Å². The van der Waals surface area contributed by atoms with Crippen molar-refractivity contribution >= 4 is 16.9 Å². The van der Waals surface area contributed by atoms with Gasteiger partial charge >= 0.3 is 5.69 Å². The number of H-pyrrole nitrogens is 1. The van der Waals surface area contributed by atoms with Crippen molar-refractivity contribution in [2.45, 2.75) is 58.7 Å². The maximum atomic E-state index is 12.2. The minimum atomic E-state index is -0.503. The summed E-state index contributed by atoms with van der Waals surface area (Å²) in [4.78, 5) is 29.0. The Kier molecular flexibility index (Phi) is 5.80. The lowest BCUT2D eigenvalue weighted by atomic mass is 10.1. The molecule has 0 saturated carbocycles. The van der Waals surface area contributed by atoms with Crippen LogP contribution in [0.2, 0.25) is 0 Å². The normalized spacial score (nSPS) is 21.0. The molecule has 0 amide bonds. The molecule has 0 radical (unpaired) electrons. The number of rotatable bonds is 7. The average Bonchev–Trinajstić information content (AvgIpc) is 3.34. The fourth-order valence-electron chi connectivity index (χ4n) is 3.48. The van der Waals surface area contributed by atoms with Crippen LogP contribution in [0.3, 0.4) is 0 Å². The van der Waals surface area contributed by atoms with Crippen molar-refractivity contribution in [2.24, 2.45) is 5.16 Å². The molecule has 3 atom stereocenters. The minimum Gasteiger partial charge on any atom is -0.471 e. The third kappa shape index (κ3) is 4.20. The number of nitrogens with zero attached hydrogens (tertiary/aromatic N) is 4. The lowest BCUT2D eigenvalue weighted by molar-refractivity contribution is -0.0375. The molecule has 0 unspecified atom stereocenters. The van der Waals surface area contributed by atoms with Gasteiger partial charge in [0.15, 0.2) is 11.6 Å². The van der Waals surface area contributed by atoms with Crippen LogP contribution < -0.4 is 10.4 Å². The fraction of sp³-hybridized carbons (Fsp3) is 0.429. The standard InChI is InChI=1S/C21H25N5O4/c1-4-15-16(30-25-13(2)3)10-17(29-15)26-12-22-18-19(26)23-21(27)24-20(18)28-11-14-8-6-5-7-9-14/h5-9,12,15-17H,4,10-11H2,1-3H3,(H,23,24,27)/t15-,16-,17-/m1/s1. The lowest BCUT2D eigenvalue weighted by Gasteiger charge is -2.15. The quantitative estimate of drug-likeness (QED) is 0.473. The molecule has 1 aliphatic rings. The van der Waals surface area contributed by atoms with Gasteiger partial charge in [-0.05, 0) is 25.8 Å². The van der Waals surface area contributed by atoms with Gasteiger partial charge in [0.05, 0.1) is 18.1 Å². The Morgan fingerprint density at radius 3 is 2.87 bits per heavy atom. The Balaban J connectivity index is 1.59. The molecule has 0 spiro atoms. The molecule has 158 valence electrons. The number of aromatic nitrogens is 4. The first-order valence-electron chi connectivity index (χ1n) is 10.0. The van der Waals surface area contributed by atoms with Gasteiger partial charge in [-0.25, -0.2) is 9.78 Å². The lowest BCUT2D eigenvalue weighted by Crippen LogP contribution is -2.21. The van der Waals surface area contributed by atoms with Gasteiger partial charge in [-0.3, -0.25) is 9.55 Å². The van der Waals surface area contributed by atoms with Crippen molar-refractivity contribution < 1.29 is 14.3 Å². The van der Waals surface area contributed by atoms with Crippen molar-refractivity contribution in [2.75, 3.05) is 0 Å². The summed E-state index contributed by atoms with van der Waals surface area (Å²) in [6.45, 7) is 6.10. The molecule has 3 heterocycles. The van der Waals surface area contributed by atoms with Crippen LogP contribution >= 0.6 is 0 Å². The number of benzene rings is 1. The molecule has 9 nitrogen and oxygen atoms in total.